The summed E-state index contributed by atoms with van der Waals surface area (Å²) in [5, 5.41) is 13.3. The van der Waals surface area contributed by atoms with Gasteiger partial charge < -0.3 is 35.4 Å². The number of alkyl carbamates (subject to hydrolysis) is 1. The first-order valence-electron chi connectivity index (χ1n) is 27.7. The molecular weight excluding hydrogens is 1180 g/mol. The fourth-order valence-corrected chi connectivity index (χ4v) is 12.4. The lowest BCUT2D eigenvalue weighted by atomic mass is 9.98. The minimum absolute atomic E-state index is 0. The van der Waals surface area contributed by atoms with Gasteiger partial charge in [-0.2, -0.15) is 35.6 Å². The zero-order valence-corrected chi connectivity index (χ0v) is 52.6. The highest BCUT2D eigenvalue weighted by Gasteiger charge is 2.36. The van der Waals surface area contributed by atoms with Crippen molar-refractivity contribution in [1.82, 2.24) is 52.9 Å². The molecular formula is C55H75Cl3N16O8S2. The molecule has 8 heterocycles. The number of piperidine rings is 2. The summed E-state index contributed by atoms with van der Waals surface area (Å²) in [6.07, 6.45) is 10.1. The maximum atomic E-state index is 14.0. The van der Waals surface area contributed by atoms with Crippen LogP contribution in [0.25, 0.3) is 11.3 Å². The minimum Gasteiger partial charge on any atom is -0.444 e. The molecule has 84 heavy (non-hydrogen) atoms. The Morgan fingerprint density at radius 1 is 0.643 bits per heavy atom. The van der Waals surface area contributed by atoms with Gasteiger partial charge in [0, 0.05) is 119 Å². The summed E-state index contributed by atoms with van der Waals surface area (Å²) in [4.78, 5) is 57.9. The normalized spacial score (nSPS) is 19.6. The number of rotatable bonds is 13. The number of hydrogen-bond donors (Lipinski definition) is 4. The lowest BCUT2D eigenvalue weighted by Crippen LogP contribution is -2.40. The number of hydrogen-bond acceptors (Lipinski definition) is 15. The second-order valence-electron chi connectivity index (χ2n) is 23.0. The zero-order chi connectivity index (χ0) is 59.9. The van der Waals surface area contributed by atoms with E-state index >= 15 is 0 Å². The van der Waals surface area contributed by atoms with Gasteiger partial charge >= 0.3 is 26.5 Å². The van der Waals surface area contributed by atoms with Crippen molar-refractivity contribution in [2.24, 2.45) is 5.73 Å². The number of halogens is 3. The summed E-state index contributed by atoms with van der Waals surface area (Å²) in [6.45, 7) is 13.5. The summed E-state index contributed by atoms with van der Waals surface area (Å²) < 4.78 is 66.2. The Balaban J connectivity index is 0.000000219. The Kier molecular flexibility index (Phi) is 19.5. The maximum Gasteiger partial charge on any atom is 0.407 e. The number of likely N-dealkylation sites (tertiary alicyclic amines) is 2. The number of amides is 3. The van der Waals surface area contributed by atoms with Crippen molar-refractivity contribution < 1.29 is 36.0 Å². The number of ether oxygens (including phenoxy) is 1. The molecule has 4 fully saturated rings. The van der Waals surface area contributed by atoms with E-state index in [1.165, 1.54) is 52.5 Å². The van der Waals surface area contributed by atoms with Gasteiger partial charge in [-0.1, -0.05) is 23.2 Å². The lowest BCUT2D eigenvalue weighted by Gasteiger charge is -2.35. The van der Waals surface area contributed by atoms with E-state index in [9.17, 15) is 31.2 Å². The van der Waals surface area contributed by atoms with Crippen molar-refractivity contribution in [1.29, 1.82) is 0 Å². The summed E-state index contributed by atoms with van der Waals surface area (Å²) >= 11 is 12.5. The Morgan fingerprint density at radius 2 is 1.08 bits per heavy atom. The van der Waals surface area contributed by atoms with E-state index in [4.69, 9.17) is 53.8 Å². The second-order valence-corrected chi connectivity index (χ2v) is 27.6. The van der Waals surface area contributed by atoms with Crippen LogP contribution in [0.3, 0.4) is 0 Å². The van der Waals surface area contributed by atoms with Crippen LogP contribution in [0.5, 0.6) is 0 Å². The molecule has 24 nitrogen and oxygen atoms in total. The Hall–Kier alpha value is -6.26. The molecule has 3 amide bonds. The number of anilines is 4. The average Bonchev–Trinajstić information content (AvgIpc) is 2.21. The van der Waals surface area contributed by atoms with E-state index in [0.717, 1.165) is 102 Å². The van der Waals surface area contributed by atoms with Gasteiger partial charge in [-0.15, -0.1) is 12.4 Å². The molecule has 0 aliphatic carbocycles. The number of carbonyl (C=O) groups excluding carboxylic acids is 3. The van der Waals surface area contributed by atoms with Crippen LogP contribution in [0, 0.1) is 13.8 Å². The van der Waals surface area contributed by atoms with Gasteiger partial charge in [-0.25, -0.2) is 23.8 Å². The molecule has 4 aromatic heterocycles. The summed E-state index contributed by atoms with van der Waals surface area (Å²) in [5.41, 5.74) is 11.0. The highest BCUT2D eigenvalue weighted by Crippen LogP contribution is 2.37. The Morgan fingerprint density at radius 3 is 1.50 bits per heavy atom. The fraction of sp³-hybridized carbons (Fsp3) is 0.509. The predicted octanol–water partition coefficient (Wildman–Crippen LogP) is 7.62. The third-order valence-corrected chi connectivity index (χ3v) is 18.4. The van der Waals surface area contributed by atoms with Gasteiger partial charge in [-0.3, -0.25) is 19.0 Å². The number of aryl methyl sites for hydroxylation is 2. The number of carbonyl (C=O) groups is 3. The highest BCUT2D eigenvalue weighted by molar-refractivity contribution is 7.90. The average molecular weight is 1260 g/mol. The van der Waals surface area contributed by atoms with Gasteiger partial charge in [0.25, 0.3) is 11.8 Å². The van der Waals surface area contributed by atoms with Gasteiger partial charge in [-0.05, 0) is 122 Å². The number of nitrogens with one attached hydrogen (secondary N) is 3. The van der Waals surface area contributed by atoms with Gasteiger partial charge in [0.15, 0.2) is 11.3 Å². The van der Waals surface area contributed by atoms with Crippen molar-refractivity contribution in [3.8, 4) is 0 Å². The smallest absolute Gasteiger partial charge is 0.407 e. The van der Waals surface area contributed by atoms with Crippen LogP contribution < -0.4 is 30.3 Å². The van der Waals surface area contributed by atoms with Gasteiger partial charge in [0.2, 0.25) is 0 Å². The standard InChI is InChI=1S/C30H41ClN8O5S.C25H33ClN8O3S.ClH/c1-19-17-39-26(33-27(19)37-14-12-21(18-37)32-29(41)44-30(2,3)4)16-24(34-39)25-9-7-8-13-38(25)28(40)22-15-20(31)10-11-23(22)35-45(42,43)36(5)6;1-16-14-34-23(28-24(16)32-11-9-18(27)15-32)13-21(29-34)22-6-4-5-10-33(22)25(35)19-12-17(26)7-8-20(19)30-38(36,37)31(2)3;/h10-11,15-17,21,25,35H,7-9,12-14,18H2,1-6H3,(H,32,41);7-8,12-14,18,22,30H,4-6,9-11,15,27H2,1-3H3;1H/t21-,25-;18-,22-;/m00./s1. The first-order valence-corrected chi connectivity index (χ1v) is 31.4. The van der Waals surface area contributed by atoms with Crippen LogP contribution in [0.4, 0.5) is 27.8 Å². The van der Waals surface area contributed by atoms with E-state index in [1.807, 2.05) is 59.1 Å². The fourth-order valence-electron chi connectivity index (χ4n) is 10.8. The Bertz CT molecular complexity index is 3650. The topological polar surface area (TPSA) is 271 Å². The third-order valence-electron chi connectivity index (χ3n) is 15.1. The maximum absolute atomic E-state index is 14.0. The summed E-state index contributed by atoms with van der Waals surface area (Å²) in [6, 6.07) is 12.4. The Labute approximate surface area is 507 Å². The van der Waals surface area contributed by atoms with Crippen molar-refractivity contribution in [3.05, 3.63) is 105 Å². The quantitative estimate of drug-likeness (QED) is 0.0866. The van der Waals surface area contributed by atoms with Gasteiger partial charge in [0.05, 0.1) is 52.0 Å². The first kappa shape index (κ1) is 63.8. The highest BCUT2D eigenvalue weighted by atomic mass is 35.5. The molecule has 4 aliphatic heterocycles. The molecule has 29 heteroatoms. The predicted molar refractivity (Wildman–Crippen MR) is 328 cm³/mol. The largest absolute Gasteiger partial charge is 0.444 e. The number of benzene rings is 2. The zero-order valence-electron chi connectivity index (χ0n) is 48.7. The van der Waals surface area contributed by atoms with Crippen LogP contribution in [0.2, 0.25) is 10.0 Å². The molecule has 0 radical (unpaired) electrons. The van der Waals surface area contributed by atoms with Crippen LogP contribution in [-0.4, -0.2) is 167 Å². The number of aromatic nitrogens is 6. The SMILES string of the molecule is Cc1cn2nc([C@@H]3CCCCN3C(=O)c3cc(Cl)ccc3NS(=O)(=O)N(C)C)cc2nc1N1CC[C@H](N)C1.Cc1cn2nc([C@@H]3CCCCN3C(=O)c3cc(Cl)ccc3NS(=O)(=O)N(C)C)cc2nc1N1CC[C@H](NC(=O)OC(C)(C)C)C1.Cl. The van der Waals surface area contributed by atoms with E-state index in [1.54, 1.807) is 31.0 Å². The lowest BCUT2D eigenvalue weighted by molar-refractivity contribution is 0.0507. The third kappa shape index (κ3) is 14.5. The van der Waals surface area contributed by atoms with E-state index in [0.29, 0.717) is 53.1 Å². The summed E-state index contributed by atoms with van der Waals surface area (Å²) in [7, 11) is -2.01. The van der Waals surface area contributed by atoms with E-state index in [-0.39, 0.29) is 70.9 Å². The van der Waals surface area contributed by atoms with Crippen molar-refractivity contribution >= 4 is 108 Å². The molecule has 6 aromatic rings. The number of fused-ring (bicyclic) bond motifs is 2. The molecule has 4 atom stereocenters. The summed E-state index contributed by atoms with van der Waals surface area (Å²) in [5.74, 6) is 1.09. The second kappa shape index (κ2) is 25.8. The monoisotopic (exact) mass is 1260 g/mol. The molecule has 0 spiro atoms. The van der Waals surface area contributed by atoms with Crippen LogP contribution in [0.15, 0.2) is 60.9 Å². The van der Waals surface area contributed by atoms with Crippen molar-refractivity contribution in [2.45, 2.75) is 116 Å². The molecule has 0 unspecified atom stereocenters. The van der Waals surface area contributed by atoms with E-state index < -0.39 is 32.1 Å². The van der Waals surface area contributed by atoms with Gasteiger partial charge in [0.1, 0.15) is 17.2 Å². The molecule has 456 valence electrons. The van der Waals surface area contributed by atoms with E-state index in [2.05, 4.69) is 24.6 Å². The van der Waals surface area contributed by atoms with Crippen LogP contribution in [-0.2, 0) is 25.2 Å². The van der Waals surface area contributed by atoms with Crippen LogP contribution >= 0.6 is 35.6 Å². The van der Waals surface area contributed by atoms with Crippen LogP contribution in [0.1, 0.15) is 127 Å². The molecule has 0 saturated carbocycles. The minimum atomic E-state index is -3.85. The van der Waals surface area contributed by atoms with Crippen molar-refractivity contribution in [3.63, 3.8) is 0 Å². The number of nitrogens with zero attached hydrogens (tertiary/aromatic N) is 12. The number of nitrogens with two attached hydrogens (primary N) is 1. The molecule has 4 aliphatic rings. The molecule has 4 saturated heterocycles. The molecule has 5 N–H and O–H groups in total. The molecule has 10 rings (SSSR count). The molecule has 0 bridgehead atoms. The van der Waals surface area contributed by atoms with Crippen molar-refractivity contribution in [2.75, 3.05) is 86.7 Å². The first-order chi connectivity index (χ1) is 39.1. The molecule has 2 aromatic carbocycles.